The van der Waals surface area contributed by atoms with Gasteiger partial charge in [0.2, 0.25) is 0 Å². The molecular weight excluding hydrogens is 154 g/mol. The fourth-order valence-corrected chi connectivity index (χ4v) is 1.94. The van der Waals surface area contributed by atoms with Crippen LogP contribution in [0.15, 0.2) is 0 Å². The van der Waals surface area contributed by atoms with E-state index in [1.807, 2.05) is 0 Å². The van der Waals surface area contributed by atoms with E-state index in [2.05, 4.69) is 12.2 Å². The molecule has 0 radical (unpaired) electrons. The van der Waals surface area contributed by atoms with Gasteiger partial charge in [0, 0.05) is 12.8 Å². The molecule has 12 heavy (non-hydrogen) atoms. The van der Waals surface area contributed by atoms with Crippen molar-refractivity contribution in [2.75, 3.05) is 6.54 Å². The summed E-state index contributed by atoms with van der Waals surface area (Å²) in [5.41, 5.74) is 0. The molecule has 0 aromatic heterocycles. The molecule has 1 aliphatic carbocycles. The molecule has 3 heteroatoms. The van der Waals surface area contributed by atoms with Crippen LogP contribution in [0.25, 0.3) is 0 Å². The van der Waals surface area contributed by atoms with Gasteiger partial charge in [0.25, 0.3) is 0 Å². The maximum Gasteiger partial charge on any atom is 0.306 e. The first-order valence-corrected chi connectivity index (χ1v) is 4.80. The lowest BCUT2D eigenvalue weighted by Crippen LogP contribution is -2.89. The van der Waals surface area contributed by atoms with Crippen molar-refractivity contribution in [3.8, 4) is 0 Å². The zero-order valence-electron chi connectivity index (χ0n) is 7.62. The first kappa shape index (κ1) is 9.52. The van der Waals surface area contributed by atoms with Crippen LogP contribution >= 0.6 is 0 Å². The van der Waals surface area contributed by atoms with Crippen molar-refractivity contribution in [2.45, 2.75) is 38.6 Å². The minimum atomic E-state index is -0.607. The highest BCUT2D eigenvalue weighted by atomic mass is 16.4. The van der Waals surface area contributed by atoms with Crippen LogP contribution in [0, 0.1) is 5.92 Å². The maximum atomic E-state index is 10.6. The number of carboxylic acids is 1. The lowest BCUT2D eigenvalue weighted by Gasteiger charge is -2.23. The van der Waals surface area contributed by atoms with Crippen molar-refractivity contribution < 1.29 is 15.2 Å². The van der Waals surface area contributed by atoms with Crippen molar-refractivity contribution in [1.29, 1.82) is 0 Å². The van der Waals surface area contributed by atoms with Crippen molar-refractivity contribution in [3.63, 3.8) is 0 Å². The molecule has 0 heterocycles. The number of quaternary nitrogens is 1. The van der Waals surface area contributed by atoms with E-state index in [1.165, 1.54) is 0 Å². The number of aliphatic carboxylic acids is 1. The maximum absolute atomic E-state index is 10.6. The number of nitrogens with two attached hydrogens (primary N) is 1. The molecule has 0 aliphatic heterocycles. The standard InChI is InChI=1S/C9H17NO2/c1-2-10-8-5-3-7(4-6-8)9(11)12/h7-8,10H,2-6H2,1H3,(H,11,12)/p+1. The summed E-state index contributed by atoms with van der Waals surface area (Å²) >= 11 is 0. The van der Waals surface area contributed by atoms with E-state index in [1.54, 1.807) is 0 Å². The molecule has 0 aromatic carbocycles. The van der Waals surface area contributed by atoms with Crippen LogP contribution < -0.4 is 5.32 Å². The molecule has 1 rings (SSSR count). The second-order valence-corrected chi connectivity index (χ2v) is 3.59. The van der Waals surface area contributed by atoms with Crippen molar-refractivity contribution in [1.82, 2.24) is 0 Å². The average Bonchev–Trinajstić information content (AvgIpc) is 2.06. The third-order valence-electron chi connectivity index (χ3n) is 2.69. The van der Waals surface area contributed by atoms with Gasteiger partial charge in [-0.2, -0.15) is 0 Å². The number of hydrogen-bond donors (Lipinski definition) is 2. The van der Waals surface area contributed by atoms with E-state index in [9.17, 15) is 4.79 Å². The monoisotopic (exact) mass is 172 g/mol. The Morgan fingerprint density at radius 1 is 1.42 bits per heavy atom. The van der Waals surface area contributed by atoms with E-state index >= 15 is 0 Å². The fourth-order valence-electron chi connectivity index (χ4n) is 1.94. The predicted molar refractivity (Wildman–Crippen MR) is 45.8 cm³/mol. The van der Waals surface area contributed by atoms with Gasteiger partial charge < -0.3 is 10.4 Å². The minimum Gasteiger partial charge on any atom is -0.481 e. The van der Waals surface area contributed by atoms with E-state index < -0.39 is 5.97 Å². The summed E-state index contributed by atoms with van der Waals surface area (Å²) in [6.45, 7) is 3.26. The average molecular weight is 172 g/mol. The fraction of sp³-hybridized carbons (Fsp3) is 0.889. The Labute approximate surface area is 73.2 Å². The largest absolute Gasteiger partial charge is 0.481 e. The predicted octanol–water partition coefficient (Wildman–Crippen LogP) is 0.213. The van der Waals surface area contributed by atoms with Crippen LogP contribution in [0.1, 0.15) is 32.6 Å². The Morgan fingerprint density at radius 3 is 2.42 bits per heavy atom. The lowest BCUT2D eigenvalue weighted by atomic mass is 9.86. The van der Waals surface area contributed by atoms with Crippen molar-refractivity contribution in [2.24, 2.45) is 5.92 Å². The van der Waals surface area contributed by atoms with E-state index in [-0.39, 0.29) is 5.92 Å². The molecule has 0 unspecified atom stereocenters. The van der Waals surface area contributed by atoms with E-state index in [0.29, 0.717) is 6.04 Å². The molecule has 0 saturated heterocycles. The molecule has 0 amide bonds. The zero-order valence-corrected chi connectivity index (χ0v) is 7.62. The number of hydrogen-bond acceptors (Lipinski definition) is 1. The van der Waals surface area contributed by atoms with E-state index in [0.717, 1.165) is 32.2 Å². The van der Waals surface area contributed by atoms with Gasteiger partial charge in [-0.25, -0.2) is 0 Å². The van der Waals surface area contributed by atoms with Crippen molar-refractivity contribution in [3.05, 3.63) is 0 Å². The first-order valence-electron chi connectivity index (χ1n) is 4.80. The van der Waals surface area contributed by atoms with E-state index in [4.69, 9.17) is 5.11 Å². The normalized spacial score (nSPS) is 30.1. The van der Waals surface area contributed by atoms with Gasteiger partial charge in [-0.1, -0.05) is 0 Å². The molecule has 1 fully saturated rings. The summed E-state index contributed by atoms with van der Waals surface area (Å²) in [6, 6.07) is 0.686. The second-order valence-electron chi connectivity index (χ2n) is 3.59. The van der Waals surface area contributed by atoms with Crippen LogP contribution in [0.4, 0.5) is 0 Å². The summed E-state index contributed by atoms with van der Waals surface area (Å²) in [4.78, 5) is 10.6. The van der Waals surface area contributed by atoms with Crippen LogP contribution in [0.3, 0.4) is 0 Å². The quantitative estimate of drug-likeness (QED) is 0.639. The summed E-state index contributed by atoms with van der Waals surface area (Å²) < 4.78 is 0. The lowest BCUT2D eigenvalue weighted by molar-refractivity contribution is -0.689. The van der Waals surface area contributed by atoms with Gasteiger partial charge >= 0.3 is 5.97 Å². The van der Waals surface area contributed by atoms with Crippen LogP contribution in [0.2, 0.25) is 0 Å². The summed E-state index contributed by atoms with van der Waals surface area (Å²) in [7, 11) is 0. The highest BCUT2D eigenvalue weighted by Gasteiger charge is 2.26. The molecule has 70 valence electrons. The van der Waals surface area contributed by atoms with Gasteiger partial charge in [0.1, 0.15) is 0 Å². The summed E-state index contributed by atoms with van der Waals surface area (Å²) in [5.74, 6) is -0.670. The van der Waals surface area contributed by atoms with Gasteiger partial charge in [-0.15, -0.1) is 0 Å². The Kier molecular flexibility index (Phi) is 3.53. The Bertz CT molecular complexity index is 151. The zero-order chi connectivity index (χ0) is 8.97. The minimum absolute atomic E-state index is 0.0634. The molecule has 0 aromatic rings. The smallest absolute Gasteiger partial charge is 0.306 e. The van der Waals surface area contributed by atoms with Gasteiger partial charge in [0.15, 0.2) is 0 Å². The number of rotatable bonds is 3. The molecule has 0 bridgehead atoms. The Hall–Kier alpha value is -0.570. The summed E-state index contributed by atoms with van der Waals surface area (Å²) in [6.07, 6.45) is 3.89. The van der Waals surface area contributed by atoms with Crippen LogP contribution in [-0.4, -0.2) is 23.7 Å². The molecule has 1 saturated carbocycles. The SMILES string of the molecule is CC[NH2+]C1CCC(C(=O)O)CC1. The first-order chi connectivity index (χ1) is 5.74. The molecule has 0 atom stereocenters. The molecule has 3 N–H and O–H groups in total. The number of carboxylic acid groups (broad SMARTS) is 1. The molecule has 0 spiro atoms. The third-order valence-corrected chi connectivity index (χ3v) is 2.69. The summed E-state index contributed by atoms with van der Waals surface area (Å²) in [5, 5.41) is 11.1. The molecular formula is C9H18NO2+. The van der Waals surface area contributed by atoms with Gasteiger partial charge in [-0.3, -0.25) is 4.79 Å². The second kappa shape index (κ2) is 4.45. The van der Waals surface area contributed by atoms with Gasteiger partial charge in [0.05, 0.1) is 18.5 Å². The Balaban J connectivity index is 2.25. The highest BCUT2D eigenvalue weighted by molar-refractivity contribution is 5.69. The van der Waals surface area contributed by atoms with Crippen molar-refractivity contribution >= 4 is 5.97 Å². The molecule has 3 nitrogen and oxygen atoms in total. The number of carbonyl (C=O) groups is 1. The Morgan fingerprint density at radius 2 is 2.00 bits per heavy atom. The topological polar surface area (TPSA) is 53.9 Å². The van der Waals surface area contributed by atoms with Gasteiger partial charge in [-0.05, 0) is 19.8 Å². The molecule has 1 aliphatic rings. The van der Waals surface area contributed by atoms with Crippen LogP contribution in [-0.2, 0) is 4.79 Å². The highest BCUT2D eigenvalue weighted by Crippen LogP contribution is 2.22. The van der Waals surface area contributed by atoms with Crippen LogP contribution in [0.5, 0.6) is 0 Å². The third kappa shape index (κ3) is 2.48.